The first-order chi connectivity index (χ1) is 20.2. The number of ether oxygens (including phenoxy) is 1. The van der Waals surface area contributed by atoms with Crippen molar-refractivity contribution in [2.45, 2.75) is 54.0 Å². The van der Waals surface area contributed by atoms with Gasteiger partial charge in [0.2, 0.25) is 5.95 Å². The number of aryl methyl sites for hydroxylation is 1. The highest BCUT2D eigenvalue weighted by molar-refractivity contribution is 7.17. The number of nitrogens with zero attached hydrogens (tertiary/aromatic N) is 5. The van der Waals surface area contributed by atoms with Crippen LogP contribution < -0.4 is 15.5 Å². The molecule has 1 amide bonds. The second kappa shape index (κ2) is 14.4. The summed E-state index contributed by atoms with van der Waals surface area (Å²) in [5.74, 6) is 2.01. The molecule has 4 rings (SSSR count). The van der Waals surface area contributed by atoms with Gasteiger partial charge in [-0.25, -0.2) is 9.78 Å². The highest BCUT2D eigenvalue weighted by Gasteiger charge is 2.25. The molecule has 0 aliphatic carbocycles. The van der Waals surface area contributed by atoms with Crippen molar-refractivity contribution >= 4 is 45.9 Å². The van der Waals surface area contributed by atoms with E-state index in [9.17, 15) is 14.7 Å². The summed E-state index contributed by atoms with van der Waals surface area (Å²) in [6.45, 7) is 13.1. The molecule has 3 N–H and O–H groups in total. The van der Waals surface area contributed by atoms with Gasteiger partial charge in [0.1, 0.15) is 16.5 Å². The summed E-state index contributed by atoms with van der Waals surface area (Å²) in [5, 5.41) is 16.5. The van der Waals surface area contributed by atoms with Crippen molar-refractivity contribution in [3.63, 3.8) is 0 Å². The predicted octanol–water partition coefficient (Wildman–Crippen LogP) is 4.64. The zero-order valence-electron chi connectivity index (χ0n) is 25.1. The van der Waals surface area contributed by atoms with Crippen LogP contribution in [0.1, 0.15) is 71.0 Å². The SMILES string of the molecule is CCOC(=O)c1sc(Nc2nc(NCC(C)C)c3c(n2)N(Cc2ccc(C(=O)N(CC)CCO)cc2)CCC3)nc1C. The van der Waals surface area contributed by atoms with Gasteiger partial charge in [0.15, 0.2) is 5.13 Å². The number of nitrogens with one attached hydrogen (secondary N) is 2. The van der Waals surface area contributed by atoms with Gasteiger partial charge in [0, 0.05) is 43.9 Å². The standard InChI is InChI=1S/C30H41N7O4S/c1-6-36(15-16-38)27(39)22-12-10-21(11-13-22)18-37-14-8-9-23-25(31-17-19(3)4)33-29(34-26(23)37)35-30-32-20(5)24(42-30)28(40)41-7-2/h10-13,19,38H,6-9,14-18H2,1-5H3,(H2,31,32,33,34,35). The number of carbonyl (C=O) groups excluding carboxylic acids is 2. The molecule has 3 aromatic rings. The number of benzene rings is 1. The van der Waals surface area contributed by atoms with Crippen molar-refractivity contribution in [3.8, 4) is 0 Å². The van der Waals surface area contributed by atoms with E-state index in [1.807, 2.05) is 31.2 Å². The van der Waals surface area contributed by atoms with E-state index in [1.54, 1.807) is 18.7 Å². The van der Waals surface area contributed by atoms with Gasteiger partial charge in [-0.3, -0.25) is 10.1 Å². The summed E-state index contributed by atoms with van der Waals surface area (Å²) >= 11 is 1.22. The third kappa shape index (κ3) is 7.54. The van der Waals surface area contributed by atoms with Gasteiger partial charge in [-0.05, 0) is 57.2 Å². The van der Waals surface area contributed by atoms with Crippen LogP contribution in [0.25, 0.3) is 0 Å². The van der Waals surface area contributed by atoms with Crippen LogP contribution in [0.5, 0.6) is 0 Å². The highest BCUT2D eigenvalue weighted by Crippen LogP contribution is 2.34. The molecular formula is C30H41N7O4S. The maximum Gasteiger partial charge on any atom is 0.350 e. The molecule has 0 saturated carbocycles. The summed E-state index contributed by atoms with van der Waals surface area (Å²) < 4.78 is 5.16. The van der Waals surface area contributed by atoms with Crippen molar-refractivity contribution < 1.29 is 19.4 Å². The minimum atomic E-state index is -0.388. The first kappa shape index (κ1) is 31.2. The molecule has 2 aromatic heterocycles. The molecular weight excluding hydrogens is 554 g/mol. The molecule has 0 saturated heterocycles. The molecule has 226 valence electrons. The van der Waals surface area contributed by atoms with Crippen LogP contribution in [0.15, 0.2) is 24.3 Å². The zero-order valence-corrected chi connectivity index (χ0v) is 25.9. The smallest absolute Gasteiger partial charge is 0.350 e. The van der Waals surface area contributed by atoms with E-state index >= 15 is 0 Å². The Bertz CT molecular complexity index is 1380. The van der Waals surface area contributed by atoms with E-state index in [4.69, 9.17) is 14.7 Å². The van der Waals surface area contributed by atoms with E-state index in [1.165, 1.54) is 11.3 Å². The Hall–Kier alpha value is -3.77. The number of hydrogen-bond acceptors (Lipinski definition) is 11. The molecule has 0 radical (unpaired) electrons. The minimum Gasteiger partial charge on any atom is -0.462 e. The first-order valence-electron chi connectivity index (χ1n) is 14.5. The highest BCUT2D eigenvalue weighted by atomic mass is 32.1. The minimum absolute atomic E-state index is 0.0620. The van der Waals surface area contributed by atoms with Gasteiger partial charge in [-0.15, -0.1) is 0 Å². The number of carbonyl (C=O) groups is 2. The Morgan fingerprint density at radius 3 is 2.60 bits per heavy atom. The number of rotatable bonds is 13. The fraction of sp³-hybridized carbons (Fsp3) is 0.500. The van der Waals surface area contributed by atoms with Crippen molar-refractivity contribution in [3.05, 3.63) is 51.5 Å². The maximum absolute atomic E-state index is 12.8. The van der Waals surface area contributed by atoms with Crippen LogP contribution in [0.2, 0.25) is 0 Å². The van der Waals surface area contributed by atoms with E-state index in [-0.39, 0.29) is 18.5 Å². The third-order valence-corrected chi connectivity index (χ3v) is 7.96. The molecule has 0 spiro atoms. The number of amides is 1. The molecule has 0 unspecified atom stereocenters. The molecule has 0 bridgehead atoms. The third-order valence-electron chi connectivity index (χ3n) is 6.91. The van der Waals surface area contributed by atoms with Crippen LogP contribution in [0.4, 0.5) is 22.7 Å². The molecule has 12 heteroatoms. The van der Waals surface area contributed by atoms with Crippen LogP contribution in [0.3, 0.4) is 0 Å². The summed E-state index contributed by atoms with van der Waals surface area (Å²) in [5.41, 5.74) is 3.33. The van der Waals surface area contributed by atoms with Crippen molar-refractivity contribution in [2.24, 2.45) is 5.92 Å². The fourth-order valence-electron chi connectivity index (χ4n) is 4.78. The molecule has 0 atom stereocenters. The lowest BCUT2D eigenvalue weighted by atomic mass is 10.0. The van der Waals surface area contributed by atoms with Gasteiger partial charge in [0.25, 0.3) is 5.91 Å². The normalized spacial score (nSPS) is 12.7. The van der Waals surface area contributed by atoms with E-state index in [0.717, 1.165) is 48.7 Å². The lowest BCUT2D eigenvalue weighted by molar-refractivity contribution is 0.0530. The topological polar surface area (TPSA) is 133 Å². The lowest BCUT2D eigenvalue weighted by Gasteiger charge is -2.31. The van der Waals surface area contributed by atoms with Crippen molar-refractivity contribution in [1.82, 2.24) is 19.9 Å². The van der Waals surface area contributed by atoms with E-state index in [0.29, 0.717) is 59.4 Å². The Balaban J connectivity index is 1.60. The van der Waals surface area contributed by atoms with E-state index in [2.05, 4.69) is 34.4 Å². The number of thiazole rings is 1. The average Bonchev–Trinajstić information content (AvgIpc) is 3.34. The van der Waals surface area contributed by atoms with Crippen LogP contribution in [-0.4, -0.2) is 76.2 Å². The van der Waals surface area contributed by atoms with Crippen LogP contribution in [-0.2, 0) is 17.7 Å². The molecule has 0 fully saturated rings. The summed E-state index contributed by atoms with van der Waals surface area (Å²) in [7, 11) is 0. The van der Waals surface area contributed by atoms with E-state index < -0.39 is 0 Å². The number of aliphatic hydroxyl groups excluding tert-OH is 1. The second-order valence-electron chi connectivity index (χ2n) is 10.6. The van der Waals surface area contributed by atoms with Gasteiger partial charge in [-0.1, -0.05) is 37.3 Å². The van der Waals surface area contributed by atoms with Gasteiger partial charge < -0.3 is 25.0 Å². The number of likely N-dealkylation sites (N-methyl/N-ethyl adjacent to an activating group) is 1. The summed E-state index contributed by atoms with van der Waals surface area (Å²) in [6.07, 6.45) is 1.83. The number of anilines is 4. The molecule has 1 aromatic carbocycles. The molecule has 3 heterocycles. The Morgan fingerprint density at radius 1 is 1.17 bits per heavy atom. The number of aromatic nitrogens is 3. The largest absolute Gasteiger partial charge is 0.462 e. The summed E-state index contributed by atoms with van der Waals surface area (Å²) in [6, 6.07) is 7.64. The average molecular weight is 596 g/mol. The number of fused-ring (bicyclic) bond motifs is 1. The number of aliphatic hydroxyl groups is 1. The Kier molecular flexibility index (Phi) is 10.7. The molecule has 42 heavy (non-hydrogen) atoms. The predicted molar refractivity (Wildman–Crippen MR) is 166 cm³/mol. The number of esters is 1. The Labute approximate surface area is 251 Å². The maximum atomic E-state index is 12.8. The first-order valence-corrected chi connectivity index (χ1v) is 15.4. The van der Waals surface area contributed by atoms with Gasteiger partial charge >= 0.3 is 5.97 Å². The quantitative estimate of drug-likeness (QED) is 0.240. The van der Waals surface area contributed by atoms with Crippen molar-refractivity contribution in [2.75, 3.05) is 54.9 Å². The van der Waals surface area contributed by atoms with Crippen LogP contribution in [0, 0.1) is 12.8 Å². The summed E-state index contributed by atoms with van der Waals surface area (Å²) in [4.78, 5) is 43.7. The van der Waals surface area contributed by atoms with Crippen molar-refractivity contribution in [1.29, 1.82) is 0 Å². The zero-order chi connectivity index (χ0) is 30.2. The molecule has 11 nitrogen and oxygen atoms in total. The molecule has 1 aliphatic rings. The lowest BCUT2D eigenvalue weighted by Crippen LogP contribution is -2.33. The Morgan fingerprint density at radius 2 is 1.93 bits per heavy atom. The second-order valence-corrected chi connectivity index (χ2v) is 11.6. The van der Waals surface area contributed by atoms with Gasteiger partial charge in [-0.2, -0.15) is 9.97 Å². The molecule has 1 aliphatic heterocycles. The monoisotopic (exact) mass is 595 g/mol. The van der Waals surface area contributed by atoms with Crippen LogP contribution >= 0.6 is 11.3 Å². The number of hydrogen-bond donors (Lipinski definition) is 3. The fourth-order valence-corrected chi connectivity index (χ4v) is 5.64. The van der Waals surface area contributed by atoms with Gasteiger partial charge in [0.05, 0.1) is 18.9 Å².